The summed E-state index contributed by atoms with van der Waals surface area (Å²) >= 11 is 0. The molecule has 1 aromatic rings. The quantitative estimate of drug-likeness (QED) is 0.877. The highest BCUT2D eigenvalue weighted by Gasteiger charge is 2.31. The smallest absolute Gasteiger partial charge is 0.339 e. The summed E-state index contributed by atoms with van der Waals surface area (Å²) in [7, 11) is -3.43. The van der Waals surface area contributed by atoms with Gasteiger partial charge in [-0.2, -0.15) is 0 Å². The van der Waals surface area contributed by atoms with Crippen LogP contribution >= 0.6 is 0 Å². The molecule has 0 unspecified atom stereocenters. The van der Waals surface area contributed by atoms with E-state index in [-0.39, 0.29) is 11.3 Å². The average Bonchev–Trinajstić information content (AvgIpc) is 2.49. The zero-order valence-corrected chi connectivity index (χ0v) is 10.2. The molecule has 1 rings (SSSR count). The number of carboxylic acids is 1. The van der Waals surface area contributed by atoms with E-state index in [2.05, 4.69) is 0 Å². The summed E-state index contributed by atoms with van der Waals surface area (Å²) in [5, 5.41) is 8.80. The molecule has 0 atom stereocenters. The second kappa shape index (κ2) is 3.93. The van der Waals surface area contributed by atoms with Gasteiger partial charge < -0.3 is 9.52 Å². The minimum Gasteiger partial charge on any atom is -0.478 e. The van der Waals surface area contributed by atoms with Crippen LogP contribution in [0.1, 0.15) is 36.9 Å². The molecule has 16 heavy (non-hydrogen) atoms. The first-order chi connectivity index (χ1) is 7.15. The third-order valence-electron chi connectivity index (χ3n) is 2.23. The number of hydrogen-bond donors (Lipinski definition) is 1. The van der Waals surface area contributed by atoms with Crippen molar-refractivity contribution in [2.75, 3.05) is 0 Å². The molecule has 0 saturated carbocycles. The van der Waals surface area contributed by atoms with Crippen LogP contribution in [0.2, 0.25) is 0 Å². The molecule has 0 spiro atoms. The van der Waals surface area contributed by atoms with Crippen molar-refractivity contribution in [2.24, 2.45) is 0 Å². The fourth-order valence-corrected chi connectivity index (χ4v) is 2.03. The maximum absolute atomic E-state index is 11.8. The van der Waals surface area contributed by atoms with E-state index in [1.807, 2.05) is 0 Å². The van der Waals surface area contributed by atoms with Gasteiger partial charge in [0.25, 0.3) is 0 Å². The zero-order chi connectivity index (χ0) is 12.6. The third-order valence-corrected chi connectivity index (χ3v) is 4.74. The molecule has 0 aromatic carbocycles. The second-order valence-electron chi connectivity index (χ2n) is 4.43. The first-order valence-corrected chi connectivity index (χ1v) is 6.32. The van der Waals surface area contributed by atoms with Crippen molar-refractivity contribution in [3.8, 4) is 0 Å². The minimum atomic E-state index is -3.43. The molecule has 0 bridgehead atoms. The Morgan fingerprint density at radius 1 is 1.44 bits per heavy atom. The maximum atomic E-state index is 11.8. The number of furan rings is 1. The molecule has 0 aliphatic rings. The SMILES string of the molecule is CC(C)(C)S(=O)(=O)Cc1occc1C(=O)O. The Morgan fingerprint density at radius 3 is 2.44 bits per heavy atom. The van der Waals surface area contributed by atoms with Gasteiger partial charge in [-0.15, -0.1) is 0 Å². The largest absolute Gasteiger partial charge is 0.478 e. The average molecular weight is 246 g/mol. The predicted molar refractivity (Wildman–Crippen MR) is 58.0 cm³/mol. The Morgan fingerprint density at radius 2 is 2.00 bits per heavy atom. The summed E-state index contributed by atoms with van der Waals surface area (Å²) < 4.78 is 27.6. The van der Waals surface area contributed by atoms with Gasteiger partial charge in [-0.25, -0.2) is 13.2 Å². The highest BCUT2D eigenvalue weighted by Crippen LogP contribution is 2.22. The summed E-state index contributed by atoms with van der Waals surface area (Å²) in [6, 6.07) is 1.25. The fraction of sp³-hybridized carbons (Fsp3) is 0.500. The van der Waals surface area contributed by atoms with Crippen molar-refractivity contribution in [3.05, 3.63) is 23.7 Å². The van der Waals surface area contributed by atoms with E-state index >= 15 is 0 Å². The molecule has 1 N–H and O–H groups in total. The second-order valence-corrected chi connectivity index (χ2v) is 7.18. The predicted octanol–water partition coefficient (Wildman–Crippen LogP) is 1.69. The number of hydrogen-bond acceptors (Lipinski definition) is 4. The first-order valence-electron chi connectivity index (χ1n) is 4.67. The van der Waals surface area contributed by atoms with Crippen molar-refractivity contribution in [2.45, 2.75) is 31.3 Å². The number of rotatable bonds is 3. The van der Waals surface area contributed by atoms with E-state index in [0.717, 1.165) is 0 Å². The Kier molecular flexibility index (Phi) is 3.14. The fourth-order valence-electron chi connectivity index (χ4n) is 1.03. The Labute approximate surface area is 94.0 Å². The molecule has 0 radical (unpaired) electrons. The van der Waals surface area contributed by atoms with Gasteiger partial charge in [-0.3, -0.25) is 0 Å². The van der Waals surface area contributed by atoms with E-state index in [9.17, 15) is 13.2 Å². The minimum absolute atomic E-state index is 0.0255. The van der Waals surface area contributed by atoms with Crippen molar-refractivity contribution >= 4 is 15.8 Å². The number of sulfone groups is 1. The lowest BCUT2D eigenvalue weighted by Crippen LogP contribution is -2.29. The first kappa shape index (κ1) is 12.8. The molecule has 1 aromatic heterocycles. The van der Waals surface area contributed by atoms with Crippen molar-refractivity contribution < 1.29 is 22.7 Å². The van der Waals surface area contributed by atoms with Crippen molar-refractivity contribution in [1.29, 1.82) is 0 Å². The third kappa shape index (κ3) is 2.44. The van der Waals surface area contributed by atoms with Gasteiger partial charge in [0, 0.05) is 0 Å². The molecule has 0 aliphatic heterocycles. The normalized spacial score (nSPS) is 12.7. The number of aromatic carboxylic acids is 1. The Hall–Kier alpha value is -1.30. The maximum Gasteiger partial charge on any atom is 0.339 e. The van der Waals surface area contributed by atoms with Crippen LogP contribution in [0.4, 0.5) is 0 Å². The summed E-state index contributed by atoms with van der Waals surface area (Å²) in [5.41, 5.74) is -0.104. The number of carboxylic acid groups (broad SMARTS) is 1. The van der Waals surface area contributed by atoms with E-state index < -0.39 is 26.3 Å². The molecule has 90 valence electrons. The van der Waals surface area contributed by atoms with Gasteiger partial charge in [0.1, 0.15) is 17.1 Å². The summed E-state index contributed by atoms with van der Waals surface area (Å²) in [6.45, 7) is 4.68. The molecular formula is C10H14O5S. The molecular weight excluding hydrogens is 232 g/mol. The van der Waals surface area contributed by atoms with E-state index in [1.54, 1.807) is 20.8 Å². The topological polar surface area (TPSA) is 84.6 Å². The molecule has 0 saturated heterocycles. The van der Waals surface area contributed by atoms with Gasteiger partial charge in [-0.05, 0) is 26.8 Å². The van der Waals surface area contributed by atoms with E-state index in [0.29, 0.717) is 0 Å². The van der Waals surface area contributed by atoms with E-state index in [4.69, 9.17) is 9.52 Å². The van der Waals surface area contributed by atoms with Gasteiger partial charge in [0.05, 0.1) is 11.0 Å². The highest BCUT2D eigenvalue weighted by molar-refractivity contribution is 7.91. The van der Waals surface area contributed by atoms with Crippen LogP contribution in [0.3, 0.4) is 0 Å². The van der Waals surface area contributed by atoms with Crippen molar-refractivity contribution in [1.82, 2.24) is 0 Å². The monoisotopic (exact) mass is 246 g/mol. The molecule has 0 amide bonds. The standard InChI is InChI=1S/C10H14O5S/c1-10(2,3)16(13,14)6-8-7(9(11)12)4-5-15-8/h4-5H,6H2,1-3H3,(H,11,12). The summed E-state index contributed by atoms with van der Waals surface area (Å²) in [5.74, 6) is -1.61. The molecule has 0 fully saturated rings. The lowest BCUT2D eigenvalue weighted by Gasteiger charge is -2.18. The highest BCUT2D eigenvalue weighted by atomic mass is 32.2. The molecule has 5 nitrogen and oxygen atoms in total. The van der Waals surface area contributed by atoms with Gasteiger partial charge in [0.2, 0.25) is 0 Å². The van der Waals surface area contributed by atoms with Crippen LogP contribution in [-0.2, 0) is 15.6 Å². The van der Waals surface area contributed by atoms with Crippen LogP contribution in [0.25, 0.3) is 0 Å². The van der Waals surface area contributed by atoms with Crippen LogP contribution in [0, 0.1) is 0 Å². The summed E-state index contributed by atoms with van der Waals surface area (Å²) in [6.07, 6.45) is 1.18. The molecule has 1 heterocycles. The number of carbonyl (C=O) groups is 1. The van der Waals surface area contributed by atoms with Crippen molar-refractivity contribution in [3.63, 3.8) is 0 Å². The van der Waals surface area contributed by atoms with Gasteiger partial charge >= 0.3 is 5.97 Å². The Balaban J connectivity index is 3.07. The molecule has 0 aliphatic carbocycles. The van der Waals surface area contributed by atoms with Crippen LogP contribution in [0.15, 0.2) is 16.7 Å². The lowest BCUT2D eigenvalue weighted by atomic mass is 10.2. The lowest BCUT2D eigenvalue weighted by molar-refractivity contribution is 0.0695. The van der Waals surface area contributed by atoms with Crippen LogP contribution < -0.4 is 0 Å². The Bertz CT molecular complexity index is 490. The van der Waals surface area contributed by atoms with Crippen LogP contribution in [0.5, 0.6) is 0 Å². The zero-order valence-electron chi connectivity index (χ0n) is 9.35. The molecule has 6 heteroatoms. The van der Waals surface area contributed by atoms with E-state index in [1.165, 1.54) is 12.3 Å². The van der Waals surface area contributed by atoms with Gasteiger partial charge in [-0.1, -0.05) is 0 Å². The van der Waals surface area contributed by atoms with Crippen LogP contribution in [-0.4, -0.2) is 24.2 Å². The summed E-state index contributed by atoms with van der Waals surface area (Å²) in [4.78, 5) is 10.8. The van der Waals surface area contributed by atoms with Gasteiger partial charge in [0.15, 0.2) is 9.84 Å².